The van der Waals surface area contributed by atoms with E-state index in [1.54, 1.807) is 6.92 Å². The van der Waals surface area contributed by atoms with E-state index in [1.807, 2.05) is 55.5 Å². The van der Waals surface area contributed by atoms with Crippen LogP contribution in [0.1, 0.15) is 23.0 Å². The highest BCUT2D eigenvalue weighted by molar-refractivity contribution is 9.10. The van der Waals surface area contributed by atoms with Crippen LogP contribution in [0, 0.1) is 18.3 Å². The zero-order valence-corrected chi connectivity index (χ0v) is 14.9. The average molecular weight is 383 g/mol. The fourth-order valence-electron chi connectivity index (χ4n) is 2.99. The summed E-state index contributed by atoms with van der Waals surface area (Å²) in [7, 11) is 0. The molecule has 0 N–H and O–H groups in total. The number of ether oxygens (including phenoxy) is 1. The molecule has 3 aromatic rings. The highest BCUT2D eigenvalue weighted by atomic mass is 79.9. The molecule has 2 aromatic carbocycles. The molecule has 0 saturated heterocycles. The number of aromatic nitrogens is 1. The van der Waals surface area contributed by atoms with E-state index >= 15 is 0 Å². The summed E-state index contributed by atoms with van der Waals surface area (Å²) in [5, 5.41) is 9.54. The molecule has 0 atom stereocenters. The van der Waals surface area contributed by atoms with E-state index in [-0.39, 0.29) is 12.4 Å². The Balaban J connectivity index is 2.34. The highest BCUT2D eigenvalue weighted by Gasteiger charge is 2.20. The van der Waals surface area contributed by atoms with Crippen molar-refractivity contribution in [1.29, 1.82) is 5.26 Å². The molecular weight excluding hydrogens is 368 g/mol. The molecule has 0 aliphatic carbocycles. The lowest BCUT2D eigenvalue weighted by atomic mass is 10.1. The van der Waals surface area contributed by atoms with Crippen LogP contribution in [0.3, 0.4) is 0 Å². The Morgan fingerprint density at radius 3 is 2.62 bits per heavy atom. The van der Waals surface area contributed by atoms with Gasteiger partial charge in [0.15, 0.2) is 12.4 Å². The van der Waals surface area contributed by atoms with Gasteiger partial charge in [-0.25, -0.2) is 0 Å². The first-order chi connectivity index (χ1) is 11.5. The number of Topliss-reactive ketones (excluding diaryl/α,β-unsaturated/α-hetero) is 1. The van der Waals surface area contributed by atoms with E-state index < -0.39 is 0 Å². The lowest BCUT2D eigenvalue weighted by molar-refractivity contribution is 0.101. The summed E-state index contributed by atoms with van der Waals surface area (Å²) in [6.45, 7) is 3.46. The summed E-state index contributed by atoms with van der Waals surface area (Å²) in [6.07, 6.45) is 0. The van der Waals surface area contributed by atoms with Crippen LogP contribution < -0.4 is 4.74 Å². The second-order valence-corrected chi connectivity index (χ2v) is 6.29. The standard InChI is InChI=1S/C19H15BrN2O2/c1-12-19(13(2)23)15-10-18(24-9-8-21)16(20)11-17(15)22(12)14-6-4-3-5-7-14/h3-7,10-11H,9H2,1-2H3. The molecule has 0 bridgehead atoms. The number of carbonyl (C=O) groups is 1. The van der Waals surface area contributed by atoms with Crippen LogP contribution in [0.15, 0.2) is 46.9 Å². The van der Waals surface area contributed by atoms with Crippen molar-refractivity contribution < 1.29 is 9.53 Å². The zero-order valence-electron chi connectivity index (χ0n) is 13.3. The number of para-hydroxylation sites is 1. The van der Waals surface area contributed by atoms with Crippen molar-refractivity contribution in [1.82, 2.24) is 4.57 Å². The predicted octanol–water partition coefficient (Wildman–Crippen LogP) is 4.81. The first-order valence-corrected chi connectivity index (χ1v) is 8.24. The minimum absolute atomic E-state index is 0.000682. The molecular formula is C19H15BrN2O2. The first-order valence-electron chi connectivity index (χ1n) is 7.45. The van der Waals surface area contributed by atoms with Gasteiger partial charge in [0.05, 0.1) is 9.99 Å². The number of nitrogens with zero attached hydrogens (tertiary/aromatic N) is 2. The van der Waals surface area contributed by atoms with Gasteiger partial charge in [-0.1, -0.05) is 18.2 Å². The van der Waals surface area contributed by atoms with Gasteiger partial charge in [0.2, 0.25) is 0 Å². The minimum atomic E-state index is -0.0438. The third-order valence-electron chi connectivity index (χ3n) is 3.92. The molecule has 1 heterocycles. The van der Waals surface area contributed by atoms with Crippen LogP contribution in [-0.2, 0) is 0 Å². The van der Waals surface area contributed by atoms with Crippen molar-refractivity contribution >= 4 is 32.6 Å². The fraction of sp³-hybridized carbons (Fsp3) is 0.158. The molecule has 0 aliphatic heterocycles. The topological polar surface area (TPSA) is 55.0 Å². The zero-order chi connectivity index (χ0) is 17.3. The second kappa shape index (κ2) is 6.50. The maximum Gasteiger partial charge on any atom is 0.174 e. The number of hydrogen-bond donors (Lipinski definition) is 0. The molecule has 0 unspecified atom stereocenters. The summed E-state index contributed by atoms with van der Waals surface area (Å²) in [4.78, 5) is 12.2. The normalized spacial score (nSPS) is 10.6. The smallest absolute Gasteiger partial charge is 0.174 e. The van der Waals surface area contributed by atoms with E-state index in [4.69, 9.17) is 10.00 Å². The molecule has 0 radical (unpaired) electrons. The van der Waals surface area contributed by atoms with E-state index in [1.165, 1.54) is 0 Å². The molecule has 0 spiro atoms. The number of hydrogen-bond acceptors (Lipinski definition) is 3. The van der Waals surface area contributed by atoms with Crippen LogP contribution in [0.25, 0.3) is 16.6 Å². The number of rotatable bonds is 4. The second-order valence-electron chi connectivity index (χ2n) is 5.43. The third-order valence-corrected chi connectivity index (χ3v) is 4.54. The van der Waals surface area contributed by atoms with Crippen molar-refractivity contribution in [3.63, 3.8) is 0 Å². The molecule has 0 saturated carbocycles. The fourth-order valence-corrected chi connectivity index (χ4v) is 3.44. The average Bonchev–Trinajstić information content (AvgIpc) is 2.84. The number of nitriles is 1. The lowest BCUT2D eigenvalue weighted by Crippen LogP contribution is -1.99. The van der Waals surface area contributed by atoms with Gasteiger partial charge in [0.25, 0.3) is 0 Å². The van der Waals surface area contributed by atoms with Crippen molar-refractivity contribution in [2.75, 3.05) is 6.61 Å². The highest BCUT2D eigenvalue weighted by Crippen LogP contribution is 2.36. The molecule has 1 aromatic heterocycles. The van der Waals surface area contributed by atoms with Gasteiger partial charge in [-0.05, 0) is 54.0 Å². The quantitative estimate of drug-likeness (QED) is 0.608. The Morgan fingerprint density at radius 1 is 1.29 bits per heavy atom. The molecule has 4 nitrogen and oxygen atoms in total. The van der Waals surface area contributed by atoms with Gasteiger partial charge in [-0.2, -0.15) is 5.26 Å². The summed E-state index contributed by atoms with van der Waals surface area (Å²) in [5.74, 6) is 0.553. The van der Waals surface area contributed by atoms with Crippen LogP contribution in [0.2, 0.25) is 0 Å². The number of ketones is 1. The lowest BCUT2D eigenvalue weighted by Gasteiger charge is -2.10. The minimum Gasteiger partial charge on any atom is -0.478 e. The van der Waals surface area contributed by atoms with E-state index in [0.717, 1.165) is 26.8 Å². The molecule has 3 rings (SSSR count). The third kappa shape index (κ3) is 2.70. The Morgan fingerprint density at radius 2 is 2.00 bits per heavy atom. The van der Waals surface area contributed by atoms with Gasteiger partial charge < -0.3 is 9.30 Å². The van der Waals surface area contributed by atoms with Crippen LogP contribution in [-0.4, -0.2) is 17.0 Å². The summed E-state index contributed by atoms with van der Waals surface area (Å²) < 4.78 is 8.26. The predicted molar refractivity (Wildman–Crippen MR) is 96.8 cm³/mol. The molecule has 0 amide bonds. The summed E-state index contributed by atoms with van der Waals surface area (Å²) >= 11 is 3.49. The van der Waals surface area contributed by atoms with Gasteiger partial charge in [0.1, 0.15) is 11.8 Å². The summed E-state index contributed by atoms with van der Waals surface area (Å²) in [6, 6.07) is 15.6. The van der Waals surface area contributed by atoms with Gasteiger partial charge >= 0.3 is 0 Å². The molecule has 0 aliphatic rings. The van der Waals surface area contributed by atoms with Crippen molar-refractivity contribution in [2.45, 2.75) is 13.8 Å². The van der Waals surface area contributed by atoms with E-state index in [0.29, 0.717) is 11.3 Å². The Bertz CT molecular complexity index is 969. The van der Waals surface area contributed by atoms with Crippen molar-refractivity contribution in [2.24, 2.45) is 0 Å². The number of halogens is 1. The SMILES string of the molecule is CC(=O)c1c(C)n(-c2ccccc2)c2cc(Br)c(OCC#N)cc12. The number of fused-ring (bicyclic) bond motifs is 1. The Kier molecular flexibility index (Phi) is 4.41. The van der Waals surface area contributed by atoms with Crippen LogP contribution in [0.5, 0.6) is 5.75 Å². The largest absolute Gasteiger partial charge is 0.478 e. The Labute approximate surface area is 148 Å². The van der Waals surface area contributed by atoms with E-state index in [9.17, 15) is 4.79 Å². The molecule has 120 valence electrons. The number of carbonyl (C=O) groups excluding carboxylic acids is 1. The van der Waals surface area contributed by atoms with Crippen molar-refractivity contribution in [3.05, 3.63) is 58.2 Å². The maximum atomic E-state index is 12.2. The Hall–Kier alpha value is -2.58. The first kappa shape index (κ1) is 16.3. The maximum absolute atomic E-state index is 12.2. The van der Waals surface area contributed by atoms with Crippen LogP contribution >= 0.6 is 15.9 Å². The molecule has 24 heavy (non-hydrogen) atoms. The monoisotopic (exact) mass is 382 g/mol. The van der Waals surface area contributed by atoms with Gasteiger partial charge in [0, 0.05) is 22.3 Å². The van der Waals surface area contributed by atoms with Gasteiger partial charge in [-0.15, -0.1) is 0 Å². The van der Waals surface area contributed by atoms with Crippen LogP contribution in [0.4, 0.5) is 0 Å². The van der Waals surface area contributed by atoms with Crippen molar-refractivity contribution in [3.8, 4) is 17.5 Å². The number of benzene rings is 2. The molecule has 0 fully saturated rings. The summed E-state index contributed by atoms with van der Waals surface area (Å²) in [5.41, 5.74) is 3.46. The van der Waals surface area contributed by atoms with E-state index in [2.05, 4.69) is 20.5 Å². The van der Waals surface area contributed by atoms with Gasteiger partial charge in [-0.3, -0.25) is 4.79 Å². The molecule has 5 heteroatoms.